The topological polar surface area (TPSA) is 61.1 Å². The molecular weight excluding hydrogens is 234 g/mol. The van der Waals surface area contributed by atoms with Crippen LogP contribution in [0.25, 0.3) is 0 Å². The fourth-order valence-corrected chi connectivity index (χ4v) is 1.49. The molecule has 0 radical (unpaired) electrons. The van der Waals surface area contributed by atoms with Crippen molar-refractivity contribution in [2.24, 2.45) is 0 Å². The van der Waals surface area contributed by atoms with Crippen molar-refractivity contribution < 1.29 is 9.90 Å². The van der Waals surface area contributed by atoms with Crippen LogP contribution in [0.5, 0.6) is 0 Å². The summed E-state index contributed by atoms with van der Waals surface area (Å²) in [4.78, 5) is 10.8. The van der Waals surface area contributed by atoms with Crippen LogP contribution >= 0.6 is 15.9 Å². The number of halogens is 1. The van der Waals surface area contributed by atoms with Crippen LogP contribution in [0.3, 0.4) is 0 Å². The van der Waals surface area contributed by atoms with E-state index in [0.717, 1.165) is 0 Å². The van der Waals surface area contributed by atoms with Crippen molar-refractivity contribution in [3.05, 3.63) is 33.3 Å². The first-order valence-electron chi connectivity index (χ1n) is 3.50. The van der Waals surface area contributed by atoms with Crippen molar-refractivity contribution in [2.75, 3.05) is 0 Å². The van der Waals surface area contributed by atoms with Gasteiger partial charge in [-0.15, -0.1) is 0 Å². The predicted octanol–water partition coefficient (Wildman–Crippen LogP) is 2.33. The van der Waals surface area contributed by atoms with Gasteiger partial charge in [0.25, 0.3) is 0 Å². The van der Waals surface area contributed by atoms with E-state index in [4.69, 9.17) is 10.4 Å². The molecule has 0 unspecified atom stereocenters. The summed E-state index contributed by atoms with van der Waals surface area (Å²) >= 11 is 3.12. The number of carbonyl (C=O) groups is 1. The van der Waals surface area contributed by atoms with Crippen LogP contribution in [-0.2, 0) is 0 Å². The molecule has 1 rings (SSSR count). The van der Waals surface area contributed by atoms with Crippen LogP contribution in [0.4, 0.5) is 0 Å². The molecule has 13 heavy (non-hydrogen) atoms. The molecule has 0 aromatic heterocycles. The molecule has 0 bridgehead atoms. The standard InChI is InChI=1S/C9H6BrNO2/c1-5-2-3-7(10)6(4-11)8(5)9(12)13/h2-3H,1H3,(H,12,13). The fourth-order valence-electron chi connectivity index (χ4n) is 1.07. The number of carboxylic acid groups (broad SMARTS) is 1. The summed E-state index contributed by atoms with van der Waals surface area (Å²) in [6, 6.07) is 5.19. The van der Waals surface area contributed by atoms with Crippen LogP contribution < -0.4 is 0 Å². The van der Waals surface area contributed by atoms with Gasteiger partial charge in [-0.05, 0) is 34.5 Å². The predicted molar refractivity (Wildman–Crippen MR) is 50.6 cm³/mol. The van der Waals surface area contributed by atoms with Gasteiger partial charge in [-0.1, -0.05) is 6.07 Å². The van der Waals surface area contributed by atoms with E-state index in [2.05, 4.69) is 15.9 Å². The lowest BCUT2D eigenvalue weighted by Gasteiger charge is -2.03. The van der Waals surface area contributed by atoms with Gasteiger partial charge < -0.3 is 5.11 Å². The Hall–Kier alpha value is -1.34. The lowest BCUT2D eigenvalue weighted by Crippen LogP contribution is -2.03. The number of carboxylic acids is 1. The molecule has 3 nitrogen and oxygen atoms in total. The van der Waals surface area contributed by atoms with Gasteiger partial charge in [0, 0.05) is 4.47 Å². The van der Waals surface area contributed by atoms with Crippen LogP contribution in [0, 0.1) is 18.3 Å². The zero-order valence-electron chi connectivity index (χ0n) is 6.84. The van der Waals surface area contributed by atoms with Crippen molar-refractivity contribution in [1.82, 2.24) is 0 Å². The van der Waals surface area contributed by atoms with Crippen LogP contribution in [-0.4, -0.2) is 11.1 Å². The first kappa shape index (κ1) is 9.75. The second-order valence-electron chi connectivity index (χ2n) is 2.53. The smallest absolute Gasteiger partial charge is 0.337 e. The Morgan fingerprint density at radius 3 is 2.62 bits per heavy atom. The molecule has 0 fully saturated rings. The first-order chi connectivity index (χ1) is 6.07. The number of aryl methyl sites for hydroxylation is 1. The average molecular weight is 240 g/mol. The summed E-state index contributed by atoms with van der Waals surface area (Å²) in [7, 11) is 0. The molecule has 0 aliphatic carbocycles. The van der Waals surface area contributed by atoms with Gasteiger partial charge in [-0.25, -0.2) is 4.79 Å². The van der Waals surface area contributed by atoms with E-state index in [0.29, 0.717) is 10.0 Å². The van der Waals surface area contributed by atoms with Gasteiger partial charge in [-0.2, -0.15) is 5.26 Å². The first-order valence-corrected chi connectivity index (χ1v) is 4.29. The number of aromatic carboxylic acids is 1. The minimum Gasteiger partial charge on any atom is -0.478 e. The maximum absolute atomic E-state index is 10.8. The maximum atomic E-state index is 10.8. The Kier molecular flexibility index (Phi) is 2.69. The highest BCUT2D eigenvalue weighted by molar-refractivity contribution is 9.10. The van der Waals surface area contributed by atoms with Crippen LogP contribution in [0.2, 0.25) is 0 Å². The molecule has 1 aromatic carbocycles. The number of hydrogen-bond donors (Lipinski definition) is 1. The molecule has 1 aromatic rings. The van der Waals surface area contributed by atoms with Crippen LogP contribution in [0.1, 0.15) is 21.5 Å². The Balaban J connectivity index is 3.55. The third kappa shape index (κ3) is 1.70. The molecular formula is C9H6BrNO2. The molecule has 66 valence electrons. The van der Waals surface area contributed by atoms with Crippen LogP contribution in [0.15, 0.2) is 16.6 Å². The number of hydrogen-bond acceptors (Lipinski definition) is 2. The Morgan fingerprint density at radius 2 is 2.23 bits per heavy atom. The third-order valence-electron chi connectivity index (χ3n) is 1.69. The minimum atomic E-state index is -1.07. The summed E-state index contributed by atoms with van der Waals surface area (Å²) in [5.74, 6) is -1.07. The van der Waals surface area contributed by atoms with E-state index in [1.807, 2.05) is 6.07 Å². The highest BCUT2D eigenvalue weighted by Gasteiger charge is 2.15. The van der Waals surface area contributed by atoms with Gasteiger partial charge in [0.1, 0.15) is 6.07 Å². The highest BCUT2D eigenvalue weighted by Crippen LogP contribution is 2.22. The second-order valence-corrected chi connectivity index (χ2v) is 3.39. The molecule has 0 saturated heterocycles. The third-order valence-corrected chi connectivity index (χ3v) is 2.35. The molecule has 0 saturated carbocycles. The molecule has 0 amide bonds. The summed E-state index contributed by atoms with van der Waals surface area (Å²) < 4.78 is 0.512. The van der Waals surface area contributed by atoms with Crippen molar-refractivity contribution >= 4 is 21.9 Å². The van der Waals surface area contributed by atoms with Gasteiger partial charge in [0.15, 0.2) is 0 Å². The van der Waals surface area contributed by atoms with Gasteiger partial charge >= 0.3 is 5.97 Å². The van der Waals surface area contributed by atoms with E-state index >= 15 is 0 Å². The van der Waals surface area contributed by atoms with Gasteiger partial charge in [0.2, 0.25) is 0 Å². The molecule has 0 aliphatic rings. The van der Waals surface area contributed by atoms with Gasteiger partial charge in [-0.3, -0.25) is 0 Å². The van der Waals surface area contributed by atoms with Crippen molar-refractivity contribution in [1.29, 1.82) is 5.26 Å². The molecule has 4 heteroatoms. The number of rotatable bonds is 1. The van der Waals surface area contributed by atoms with Crippen molar-refractivity contribution in [3.63, 3.8) is 0 Å². The maximum Gasteiger partial charge on any atom is 0.337 e. The molecule has 0 atom stereocenters. The molecule has 1 N–H and O–H groups in total. The molecule has 0 heterocycles. The van der Waals surface area contributed by atoms with E-state index in [-0.39, 0.29) is 11.1 Å². The monoisotopic (exact) mass is 239 g/mol. The zero-order chi connectivity index (χ0) is 10.0. The lowest BCUT2D eigenvalue weighted by atomic mass is 10.0. The van der Waals surface area contributed by atoms with E-state index in [1.54, 1.807) is 19.1 Å². The molecule has 0 spiro atoms. The number of nitriles is 1. The average Bonchev–Trinajstić information content (AvgIpc) is 2.07. The van der Waals surface area contributed by atoms with Gasteiger partial charge in [0.05, 0.1) is 11.1 Å². The molecule has 0 aliphatic heterocycles. The summed E-state index contributed by atoms with van der Waals surface area (Å²) in [6.45, 7) is 1.66. The Labute approximate surface area is 83.7 Å². The largest absolute Gasteiger partial charge is 0.478 e. The SMILES string of the molecule is Cc1ccc(Br)c(C#N)c1C(=O)O. The number of nitrogens with zero attached hydrogens (tertiary/aromatic N) is 1. The van der Waals surface area contributed by atoms with E-state index < -0.39 is 5.97 Å². The summed E-state index contributed by atoms with van der Waals surface area (Å²) in [5, 5.41) is 17.6. The quantitative estimate of drug-likeness (QED) is 0.819. The van der Waals surface area contributed by atoms with E-state index in [1.165, 1.54) is 0 Å². The second kappa shape index (κ2) is 3.58. The fraction of sp³-hybridized carbons (Fsp3) is 0.111. The summed E-state index contributed by atoms with van der Waals surface area (Å²) in [6.07, 6.45) is 0. The lowest BCUT2D eigenvalue weighted by molar-refractivity contribution is 0.0695. The highest BCUT2D eigenvalue weighted by atomic mass is 79.9. The normalized spacial score (nSPS) is 9.31. The zero-order valence-corrected chi connectivity index (χ0v) is 8.42. The number of benzene rings is 1. The Morgan fingerprint density at radius 1 is 1.62 bits per heavy atom. The Bertz CT molecular complexity index is 407. The van der Waals surface area contributed by atoms with Crippen molar-refractivity contribution in [3.8, 4) is 6.07 Å². The summed E-state index contributed by atoms with van der Waals surface area (Å²) in [5.41, 5.74) is 0.830. The van der Waals surface area contributed by atoms with Crippen molar-refractivity contribution in [2.45, 2.75) is 6.92 Å². The minimum absolute atomic E-state index is 0.0666. The van der Waals surface area contributed by atoms with E-state index in [9.17, 15) is 4.79 Å².